The molecule has 1 aromatic carbocycles. The number of halogens is 1. The number of thiazole rings is 1. The molecule has 0 spiro atoms. The SMILES string of the molecule is Cc1ccc(Br)cc1-c1csc(CCCS)n1. The fourth-order valence-corrected chi connectivity index (χ4v) is 3.01. The van der Waals surface area contributed by atoms with E-state index in [0.717, 1.165) is 28.8 Å². The van der Waals surface area contributed by atoms with Gasteiger partial charge in [0.15, 0.2) is 0 Å². The number of aromatic nitrogens is 1. The van der Waals surface area contributed by atoms with Crippen LogP contribution in [-0.4, -0.2) is 10.7 Å². The van der Waals surface area contributed by atoms with Crippen LogP contribution in [0.25, 0.3) is 11.3 Å². The maximum absolute atomic E-state index is 4.68. The summed E-state index contributed by atoms with van der Waals surface area (Å²) in [5.74, 6) is 0.921. The number of benzene rings is 1. The topological polar surface area (TPSA) is 12.9 Å². The Hall–Kier alpha value is -0.320. The number of nitrogens with zero attached hydrogens (tertiary/aromatic N) is 1. The van der Waals surface area contributed by atoms with Crippen LogP contribution < -0.4 is 0 Å². The van der Waals surface area contributed by atoms with E-state index >= 15 is 0 Å². The molecule has 0 saturated heterocycles. The lowest BCUT2D eigenvalue weighted by Crippen LogP contribution is -1.87. The first-order valence-corrected chi connectivity index (χ1v) is 7.83. The largest absolute Gasteiger partial charge is 0.241 e. The van der Waals surface area contributed by atoms with E-state index in [4.69, 9.17) is 0 Å². The Morgan fingerprint density at radius 1 is 1.41 bits per heavy atom. The van der Waals surface area contributed by atoms with Gasteiger partial charge in [0, 0.05) is 21.8 Å². The van der Waals surface area contributed by atoms with Crippen molar-refractivity contribution >= 4 is 39.9 Å². The Morgan fingerprint density at radius 3 is 3.00 bits per heavy atom. The highest BCUT2D eigenvalue weighted by Gasteiger charge is 2.07. The monoisotopic (exact) mass is 327 g/mol. The normalized spacial score (nSPS) is 10.8. The second-order valence-electron chi connectivity index (χ2n) is 3.91. The third-order valence-corrected chi connectivity index (χ3v) is 4.29. The van der Waals surface area contributed by atoms with Gasteiger partial charge in [-0.05, 0) is 36.8 Å². The predicted octanol–water partition coefficient (Wildman–Crippen LogP) is 4.74. The smallest absolute Gasteiger partial charge is 0.0932 e. The van der Waals surface area contributed by atoms with E-state index in [0.29, 0.717) is 0 Å². The number of rotatable bonds is 4. The summed E-state index contributed by atoms with van der Waals surface area (Å²) in [5, 5.41) is 3.34. The maximum Gasteiger partial charge on any atom is 0.0932 e. The Kier molecular flexibility index (Phi) is 4.65. The summed E-state index contributed by atoms with van der Waals surface area (Å²) in [5.41, 5.74) is 3.56. The van der Waals surface area contributed by atoms with Crippen LogP contribution in [0, 0.1) is 6.92 Å². The number of aryl methyl sites for hydroxylation is 2. The van der Waals surface area contributed by atoms with Gasteiger partial charge < -0.3 is 0 Å². The molecule has 1 heterocycles. The minimum Gasteiger partial charge on any atom is -0.241 e. The van der Waals surface area contributed by atoms with E-state index in [1.54, 1.807) is 11.3 Å². The zero-order valence-corrected chi connectivity index (χ0v) is 12.9. The number of hydrogen-bond donors (Lipinski definition) is 1. The summed E-state index contributed by atoms with van der Waals surface area (Å²) >= 11 is 9.47. The van der Waals surface area contributed by atoms with Gasteiger partial charge in [0.05, 0.1) is 10.7 Å². The van der Waals surface area contributed by atoms with Crippen LogP contribution in [0.3, 0.4) is 0 Å². The Labute approximate surface area is 120 Å². The zero-order valence-electron chi connectivity index (χ0n) is 9.61. The highest BCUT2D eigenvalue weighted by molar-refractivity contribution is 9.10. The van der Waals surface area contributed by atoms with Crippen LogP contribution in [0.2, 0.25) is 0 Å². The van der Waals surface area contributed by atoms with E-state index in [9.17, 15) is 0 Å². The molecule has 0 N–H and O–H groups in total. The lowest BCUT2D eigenvalue weighted by molar-refractivity contribution is 0.923. The van der Waals surface area contributed by atoms with E-state index in [-0.39, 0.29) is 0 Å². The van der Waals surface area contributed by atoms with Crippen molar-refractivity contribution in [3.8, 4) is 11.3 Å². The van der Waals surface area contributed by atoms with Gasteiger partial charge in [-0.25, -0.2) is 4.98 Å². The summed E-state index contributed by atoms with van der Waals surface area (Å²) in [6.07, 6.45) is 2.12. The molecule has 4 heteroatoms. The molecule has 0 amide bonds. The van der Waals surface area contributed by atoms with Crippen molar-refractivity contribution in [2.24, 2.45) is 0 Å². The Bertz CT molecular complexity index is 508. The van der Waals surface area contributed by atoms with Gasteiger partial charge in [-0.2, -0.15) is 12.6 Å². The molecule has 0 saturated carbocycles. The van der Waals surface area contributed by atoms with Crippen molar-refractivity contribution in [1.82, 2.24) is 4.98 Å². The molecule has 17 heavy (non-hydrogen) atoms. The third-order valence-electron chi connectivity index (χ3n) is 2.58. The summed E-state index contributed by atoms with van der Waals surface area (Å²) in [4.78, 5) is 4.68. The second-order valence-corrected chi connectivity index (χ2v) is 6.22. The van der Waals surface area contributed by atoms with E-state index in [2.05, 4.69) is 64.0 Å². The van der Waals surface area contributed by atoms with E-state index in [1.165, 1.54) is 16.1 Å². The zero-order chi connectivity index (χ0) is 12.3. The van der Waals surface area contributed by atoms with Gasteiger partial charge in [0.2, 0.25) is 0 Å². The first kappa shape index (κ1) is 13.1. The van der Waals surface area contributed by atoms with Crippen molar-refractivity contribution in [1.29, 1.82) is 0 Å². The van der Waals surface area contributed by atoms with Crippen molar-refractivity contribution in [3.63, 3.8) is 0 Å². The van der Waals surface area contributed by atoms with Crippen molar-refractivity contribution in [2.75, 3.05) is 5.75 Å². The third kappa shape index (κ3) is 3.33. The van der Waals surface area contributed by atoms with Crippen molar-refractivity contribution in [3.05, 3.63) is 38.6 Å². The average Bonchev–Trinajstić information content (AvgIpc) is 2.78. The van der Waals surface area contributed by atoms with Crippen LogP contribution >= 0.6 is 39.9 Å². The molecule has 2 rings (SSSR count). The molecule has 0 fully saturated rings. The molecule has 1 aromatic heterocycles. The van der Waals surface area contributed by atoms with Crippen LogP contribution in [0.5, 0.6) is 0 Å². The minimum absolute atomic E-state index is 0.921. The molecular formula is C13H14BrNS2. The van der Waals surface area contributed by atoms with Crippen LogP contribution in [0.15, 0.2) is 28.1 Å². The summed E-state index contributed by atoms with van der Waals surface area (Å²) < 4.78 is 1.10. The van der Waals surface area contributed by atoms with Gasteiger partial charge in [0.1, 0.15) is 0 Å². The van der Waals surface area contributed by atoms with Gasteiger partial charge in [0.25, 0.3) is 0 Å². The van der Waals surface area contributed by atoms with Gasteiger partial charge in [-0.15, -0.1) is 11.3 Å². The van der Waals surface area contributed by atoms with E-state index in [1.807, 2.05) is 0 Å². The molecule has 0 atom stereocenters. The second kappa shape index (κ2) is 6.03. The molecule has 0 aliphatic rings. The number of hydrogen-bond acceptors (Lipinski definition) is 3. The van der Waals surface area contributed by atoms with Crippen LogP contribution in [0.4, 0.5) is 0 Å². The van der Waals surface area contributed by atoms with Crippen molar-refractivity contribution < 1.29 is 0 Å². The van der Waals surface area contributed by atoms with Gasteiger partial charge >= 0.3 is 0 Å². The van der Waals surface area contributed by atoms with Crippen LogP contribution in [-0.2, 0) is 6.42 Å². The molecule has 0 unspecified atom stereocenters. The molecule has 0 aliphatic carbocycles. The Balaban J connectivity index is 2.27. The first-order chi connectivity index (χ1) is 8.20. The number of thiol groups is 1. The Morgan fingerprint density at radius 2 is 2.24 bits per heavy atom. The molecule has 2 aromatic rings. The highest BCUT2D eigenvalue weighted by Crippen LogP contribution is 2.28. The fourth-order valence-electron chi connectivity index (χ4n) is 1.65. The molecular weight excluding hydrogens is 314 g/mol. The highest BCUT2D eigenvalue weighted by atomic mass is 79.9. The van der Waals surface area contributed by atoms with Gasteiger partial charge in [-0.1, -0.05) is 22.0 Å². The molecule has 0 bridgehead atoms. The van der Waals surface area contributed by atoms with Gasteiger partial charge in [-0.3, -0.25) is 0 Å². The van der Waals surface area contributed by atoms with E-state index < -0.39 is 0 Å². The molecule has 90 valence electrons. The minimum atomic E-state index is 0.921. The first-order valence-electron chi connectivity index (χ1n) is 5.52. The maximum atomic E-state index is 4.68. The average molecular weight is 328 g/mol. The lowest BCUT2D eigenvalue weighted by Gasteiger charge is -2.02. The standard InChI is InChI=1S/C13H14BrNS2/c1-9-4-5-10(14)7-11(9)12-8-17-13(15-12)3-2-6-16/h4-5,7-8,16H,2-3,6H2,1H3. The summed E-state index contributed by atoms with van der Waals surface area (Å²) in [6.45, 7) is 2.12. The lowest BCUT2D eigenvalue weighted by atomic mass is 10.1. The summed E-state index contributed by atoms with van der Waals surface area (Å²) in [6, 6.07) is 6.31. The summed E-state index contributed by atoms with van der Waals surface area (Å²) in [7, 11) is 0. The predicted molar refractivity (Wildman–Crippen MR) is 82.2 cm³/mol. The fraction of sp³-hybridized carbons (Fsp3) is 0.308. The van der Waals surface area contributed by atoms with Crippen LogP contribution in [0.1, 0.15) is 17.0 Å². The molecule has 1 nitrogen and oxygen atoms in total. The quantitative estimate of drug-likeness (QED) is 0.800. The molecule has 0 radical (unpaired) electrons. The van der Waals surface area contributed by atoms with Crippen molar-refractivity contribution in [2.45, 2.75) is 19.8 Å². The molecule has 0 aliphatic heterocycles.